The first-order valence-electron chi connectivity index (χ1n) is 8.27. The van der Waals surface area contributed by atoms with E-state index in [1.807, 2.05) is 62.4 Å². The molecule has 0 saturated heterocycles. The molecule has 130 valence electrons. The first-order valence-corrected chi connectivity index (χ1v) is 8.27. The van der Waals surface area contributed by atoms with E-state index in [-0.39, 0.29) is 11.8 Å². The van der Waals surface area contributed by atoms with Gasteiger partial charge in [-0.3, -0.25) is 0 Å². The van der Waals surface area contributed by atoms with E-state index in [1.165, 1.54) is 5.56 Å². The van der Waals surface area contributed by atoms with E-state index in [0.717, 1.165) is 16.9 Å². The predicted octanol–water partition coefficient (Wildman–Crippen LogP) is 3.81. The normalized spacial score (nSPS) is 13.4. The molecule has 0 radical (unpaired) electrons. The fourth-order valence-electron chi connectivity index (χ4n) is 2.69. The van der Waals surface area contributed by atoms with Gasteiger partial charge in [-0.05, 0) is 30.2 Å². The fourth-order valence-corrected chi connectivity index (χ4v) is 2.69. The van der Waals surface area contributed by atoms with Crippen molar-refractivity contribution in [2.75, 3.05) is 7.11 Å². The minimum absolute atomic E-state index is 0.134. The van der Waals surface area contributed by atoms with E-state index in [4.69, 9.17) is 9.26 Å². The summed E-state index contributed by atoms with van der Waals surface area (Å²) >= 11 is 0. The molecule has 5 nitrogen and oxygen atoms in total. The van der Waals surface area contributed by atoms with Crippen molar-refractivity contribution < 1.29 is 14.4 Å². The number of nitrogens with zero attached hydrogens (tertiary/aromatic N) is 2. The second-order valence-electron chi connectivity index (χ2n) is 6.22. The van der Waals surface area contributed by atoms with Gasteiger partial charge in [0, 0.05) is 12.3 Å². The number of aromatic nitrogens is 2. The van der Waals surface area contributed by atoms with Gasteiger partial charge in [0.25, 0.3) is 5.89 Å². The molecule has 0 aliphatic rings. The fraction of sp³-hybridized carbons (Fsp3) is 0.300. The van der Waals surface area contributed by atoms with Crippen LogP contribution in [0.5, 0.6) is 5.75 Å². The Labute approximate surface area is 147 Å². The molecule has 2 unspecified atom stereocenters. The van der Waals surface area contributed by atoms with Crippen molar-refractivity contribution in [3.05, 3.63) is 76.9 Å². The highest BCUT2D eigenvalue weighted by atomic mass is 16.5. The average molecular weight is 338 g/mol. The third-order valence-electron chi connectivity index (χ3n) is 4.31. The Morgan fingerprint density at radius 2 is 1.92 bits per heavy atom. The van der Waals surface area contributed by atoms with Gasteiger partial charge in [0.1, 0.15) is 11.9 Å². The summed E-state index contributed by atoms with van der Waals surface area (Å²) in [6, 6.07) is 15.8. The lowest BCUT2D eigenvalue weighted by atomic mass is 9.94. The van der Waals surface area contributed by atoms with Crippen LogP contribution in [0.25, 0.3) is 0 Å². The van der Waals surface area contributed by atoms with Gasteiger partial charge in [0.15, 0.2) is 5.82 Å². The Balaban J connectivity index is 1.72. The van der Waals surface area contributed by atoms with Crippen molar-refractivity contribution in [3.8, 4) is 5.75 Å². The molecule has 3 rings (SSSR count). The molecule has 2 aromatic carbocycles. The van der Waals surface area contributed by atoms with E-state index in [9.17, 15) is 5.11 Å². The Morgan fingerprint density at radius 1 is 1.16 bits per heavy atom. The molecule has 0 amide bonds. The highest BCUT2D eigenvalue weighted by molar-refractivity contribution is 5.30. The maximum absolute atomic E-state index is 10.6. The number of ether oxygens (including phenoxy) is 1. The van der Waals surface area contributed by atoms with Crippen LogP contribution in [0.15, 0.2) is 53.1 Å². The van der Waals surface area contributed by atoms with Gasteiger partial charge in [0.05, 0.1) is 7.11 Å². The van der Waals surface area contributed by atoms with E-state index in [2.05, 4.69) is 10.1 Å². The highest BCUT2D eigenvalue weighted by Crippen LogP contribution is 2.30. The maximum atomic E-state index is 10.6. The highest BCUT2D eigenvalue weighted by Gasteiger charge is 2.24. The molecule has 3 aromatic rings. The van der Waals surface area contributed by atoms with E-state index >= 15 is 0 Å². The lowest BCUT2D eigenvalue weighted by molar-refractivity contribution is 0.111. The number of aliphatic hydroxyl groups is 1. The maximum Gasteiger partial charge on any atom is 0.256 e. The van der Waals surface area contributed by atoms with Crippen molar-refractivity contribution in [1.29, 1.82) is 0 Å². The Kier molecular flexibility index (Phi) is 5.14. The summed E-state index contributed by atoms with van der Waals surface area (Å²) in [5, 5.41) is 14.5. The zero-order valence-electron chi connectivity index (χ0n) is 14.6. The van der Waals surface area contributed by atoms with Crippen LogP contribution in [0.2, 0.25) is 0 Å². The first-order chi connectivity index (χ1) is 12.1. The van der Waals surface area contributed by atoms with Crippen LogP contribution < -0.4 is 4.74 Å². The molecule has 1 aromatic heterocycles. The molecule has 2 atom stereocenters. The molecule has 0 fully saturated rings. The Morgan fingerprint density at radius 3 is 2.64 bits per heavy atom. The van der Waals surface area contributed by atoms with Crippen molar-refractivity contribution >= 4 is 0 Å². The summed E-state index contributed by atoms with van der Waals surface area (Å²) in [6.07, 6.45) is -0.318. The molecule has 0 aliphatic heterocycles. The van der Waals surface area contributed by atoms with E-state index in [0.29, 0.717) is 12.2 Å². The summed E-state index contributed by atoms with van der Waals surface area (Å²) in [6.45, 7) is 3.98. The minimum atomic E-state index is -0.839. The van der Waals surface area contributed by atoms with Crippen LogP contribution in [-0.2, 0) is 6.42 Å². The largest absolute Gasteiger partial charge is 0.497 e. The molecule has 0 bridgehead atoms. The monoisotopic (exact) mass is 338 g/mol. The van der Waals surface area contributed by atoms with Gasteiger partial charge in [-0.1, -0.05) is 54.0 Å². The summed E-state index contributed by atoms with van der Waals surface area (Å²) in [7, 11) is 1.63. The molecule has 5 heteroatoms. The Bertz CT molecular complexity index is 827. The molecular weight excluding hydrogens is 316 g/mol. The zero-order valence-corrected chi connectivity index (χ0v) is 14.6. The van der Waals surface area contributed by atoms with Crippen LogP contribution in [0.1, 0.15) is 47.4 Å². The molecule has 25 heavy (non-hydrogen) atoms. The number of benzene rings is 2. The average Bonchev–Trinajstić information content (AvgIpc) is 3.09. The summed E-state index contributed by atoms with van der Waals surface area (Å²) in [5.41, 5.74) is 3.24. The van der Waals surface area contributed by atoms with Crippen molar-refractivity contribution in [2.45, 2.75) is 32.3 Å². The Hall–Kier alpha value is -2.66. The number of methoxy groups -OCH3 is 1. The number of aliphatic hydroxyl groups excluding tert-OH is 1. The molecule has 0 saturated carbocycles. The van der Waals surface area contributed by atoms with Crippen molar-refractivity contribution in [3.63, 3.8) is 0 Å². The smallest absolute Gasteiger partial charge is 0.256 e. The van der Waals surface area contributed by atoms with E-state index < -0.39 is 6.10 Å². The second kappa shape index (κ2) is 7.49. The summed E-state index contributed by atoms with van der Waals surface area (Å²) in [4.78, 5) is 4.36. The van der Waals surface area contributed by atoms with Gasteiger partial charge in [-0.2, -0.15) is 4.98 Å². The zero-order chi connectivity index (χ0) is 17.8. The molecule has 1 N–H and O–H groups in total. The first kappa shape index (κ1) is 17.2. The SMILES string of the molecule is COc1cccc(Cc2noc(C(O)C(C)c3ccc(C)cc3)n2)c1. The lowest BCUT2D eigenvalue weighted by Gasteiger charge is -2.15. The molecule has 1 heterocycles. The molecular formula is C20H22N2O3. The molecule has 0 aliphatic carbocycles. The van der Waals surface area contributed by atoms with E-state index in [1.54, 1.807) is 7.11 Å². The third kappa shape index (κ3) is 4.06. The van der Waals surface area contributed by atoms with Gasteiger partial charge in [0.2, 0.25) is 0 Å². The quantitative estimate of drug-likeness (QED) is 0.740. The predicted molar refractivity (Wildman–Crippen MR) is 94.7 cm³/mol. The van der Waals surface area contributed by atoms with Gasteiger partial charge < -0.3 is 14.4 Å². The van der Waals surface area contributed by atoms with Crippen molar-refractivity contribution in [2.24, 2.45) is 0 Å². The standard InChI is InChI=1S/C20H22N2O3/c1-13-7-9-16(10-8-13)14(2)19(23)20-21-18(22-25-20)12-15-5-4-6-17(11-15)24-3/h4-11,14,19,23H,12H2,1-3H3. The number of rotatable bonds is 6. The number of hydrogen-bond acceptors (Lipinski definition) is 5. The number of hydrogen-bond donors (Lipinski definition) is 1. The summed E-state index contributed by atoms with van der Waals surface area (Å²) < 4.78 is 10.5. The lowest BCUT2D eigenvalue weighted by Crippen LogP contribution is -2.08. The van der Waals surface area contributed by atoms with Gasteiger partial charge in [-0.15, -0.1) is 0 Å². The summed E-state index contributed by atoms with van der Waals surface area (Å²) in [5.74, 6) is 1.43. The second-order valence-corrected chi connectivity index (χ2v) is 6.22. The van der Waals surface area contributed by atoms with Gasteiger partial charge >= 0.3 is 0 Å². The van der Waals surface area contributed by atoms with Crippen molar-refractivity contribution in [1.82, 2.24) is 10.1 Å². The number of aryl methyl sites for hydroxylation is 1. The topological polar surface area (TPSA) is 68.4 Å². The van der Waals surface area contributed by atoms with Crippen LogP contribution in [0.4, 0.5) is 0 Å². The van der Waals surface area contributed by atoms with Crippen LogP contribution >= 0.6 is 0 Å². The molecule has 0 spiro atoms. The van der Waals surface area contributed by atoms with Gasteiger partial charge in [-0.25, -0.2) is 0 Å². The van der Waals surface area contributed by atoms with Crippen LogP contribution in [-0.4, -0.2) is 22.4 Å². The van der Waals surface area contributed by atoms with Crippen LogP contribution in [0, 0.1) is 6.92 Å². The minimum Gasteiger partial charge on any atom is -0.497 e. The third-order valence-corrected chi connectivity index (χ3v) is 4.31. The van der Waals surface area contributed by atoms with Crippen LogP contribution in [0.3, 0.4) is 0 Å².